The fourth-order valence-corrected chi connectivity index (χ4v) is 2.23. The number of rotatable bonds is 7. The Morgan fingerprint density at radius 3 is 2.46 bits per heavy atom. The summed E-state index contributed by atoms with van der Waals surface area (Å²) in [5.74, 6) is -0.290. The fraction of sp³-hybridized carbons (Fsp3) is 0.278. The average Bonchev–Trinajstić information content (AvgIpc) is 2.61. The maximum absolute atomic E-state index is 12.1. The molecule has 6 nitrogen and oxygen atoms in total. The summed E-state index contributed by atoms with van der Waals surface area (Å²) in [6.45, 7) is 2.93. The summed E-state index contributed by atoms with van der Waals surface area (Å²) in [5, 5.41) is 8.72. The highest BCUT2D eigenvalue weighted by Crippen LogP contribution is 2.12. The Morgan fingerprint density at radius 1 is 1.12 bits per heavy atom. The van der Waals surface area contributed by atoms with Crippen molar-refractivity contribution < 1.29 is 9.59 Å². The maximum atomic E-state index is 12.1. The highest BCUT2D eigenvalue weighted by molar-refractivity contribution is 6.04. The maximum Gasteiger partial charge on any atom is 0.255 e. The molecule has 0 bridgehead atoms. The molecule has 0 radical (unpaired) electrons. The number of anilines is 1. The molecule has 142 valence electrons. The molecular weight excluding hydrogens is 375 g/mol. The minimum atomic E-state index is -0.193. The van der Waals surface area contributed by atoms with Gasteiger partial charge in [0.15, 0.2) is 0 Å². The van der Waals surface area contributed by atoms with Gasteiger partial charge in [-0.15, -0.1) is 24.8 Å². The zero-order valence-corrected chi connectivity index (χ0v) is 16.3. The van der Waals surface area contributed by atoms with Crippen molar-refractivity contribution in [3.8, 4) is 0 Å². The average molecular weight is 399 g/mol. The third-order valence-electron chi connectivity index (χ3n) is 3.55. The van der Waals surface area contributed by atoms with E-state index in [1.165, 1.54) is 0 Å². The van der Waals surface area contributed by atoms with Crippen LogP contribution in [0.4, 0.5) is 5.69 Å². The SMILES string of the molecule is CNCC(C)C(=O)NCc1cccc(NC(=O)c2ccncc2)c1.Cl.Cl. The second-order valence-electron chi connectivity index (χ2n) is 5.57. The van der Waals surface area contributed by atoms with Crippen molar-refractivity contribution in [2.75, 3.05) is 18.9 Å². The summed E-state index contributed by atoms with van der Waals surface area (Å²) in [7, 11) is 1.82. The lowest BCUT2D eigenvalue weighted by Crippen LogP contribution is -2.33. The third-order valence-corrected chi connectivity index (χ3v) is 3.55. The van der Waals surface area contributed by atoms with E-state index in [4.69, 9.17) is 0 Å². The van der Waals surface area contributed by atoms with Crippen LogP contribution in [0, 0.1) is 5.92 Å². The van der Waals surface area contributed by atoms with Gasteiger partial charge in [0.25, 0.3) is 5.91 Å². The summed E-state index contributed by atoms with van der Waals surface area (Å²) in [5.41, 5.74) is 2.16. The molecule has 0 saturated carbocycles. The molecule has 1 aromatic carbocycles. The van der Waals surface area contributed by atoms with Crippen LogP contribution < -0.4 is 16.0 Å². The molecular formula is C18H24Cl2N4O2. The molecule has 0 aliphatic carbocycles. The van der Waals surface area contributed by atoms with Gasteiger partial charge in [-0.1, -0.05) is 19.1 Å². The highest BCUT2D eigenvalue weighted by atomic mass is 35.5. The van der Waals surface area contributed by atoms with E-state index in [-0.39, 0.29) is 42.5 Å². The number of nitrogens with one attached hydrogen (secondary N) is 3. The van der Waals surface area contributed by atoms with Crippen LogP contribution in [0.3, 0.4) is 0 Å². The third kappa shape index (κ3) is 7.39. The zero-order chi connectivity index (χ0) is 17.4. The van der Waals surface area contributed by atoms with Crippen LogP contribution in [0.5, 0.6) is 0 Å². The lowest BCUT2D eigenvalue weighted by molar-refractivity contribution is -0.124. The summed E-state index contributed by atoms with van der Waals surface area (Å²) in [6.07, 6.45) is 3.15. The summed E-state index contributed by atoms with van der Waals surface area (Å²) in [6, 6.07) is 10.7. The Hall–Kier alpha value is -2.15. The molecule has 26 heavy (non-hydrogen) atoms. The highest BCUT2D eigenvalue weighted by Gasteiger charge is 2.11. The summed E-state index contributed by atoms with van der Waals surface area (Å²) in [4.78, 5) is 28.0. The molecule has 3 N–H and O–H groups in total. The number of halogens is 2. The predicted molar refractivity (Wildman–Crippen MR) is 108 cm³/mol. The van der Waals surface area contributed by atoms with E-state index in [9.17, 15) is 9.59 Å². The van der Waals surface area contributed by atoms with Crippen LogP contribution in [-0.4, -0.2) is 30.4 Å². The Bertz CT molecular complexity index is 699. The molecule has 1 atom stereocenters. The first-order valence-corrected chi connectivity index (χ1v) is 7.82. The van der Waals surface area contributed by atoms with Crippen molar-refractivity contribution in [3.63, 3.8) is 0 Å². The van der Waals surface area contributed by atoms with E-state index in [1.807, 2.05) is 38.2 Å². The number of aromatic nitrogens is 1. The normalized spacial score (nSPS) is 10.7. The number of amides is 2. The molecule has 2 rings (SSSR count). The number of hydrogen-bond donors (Lipinski definition) is 3. The standard InChI is InChI=1S/C18H22N4O2.2ClH/c1-13(11-19-2)17(23)21-12-14-4-3-5-16(10-14)22-18(24)15-6-8-20-9-7-15;;/h3-10,13,19H,11-12H2,1-2H3,(H,21,23)(H,22,24);2*1H. The van der Waals surface area contributed by atoms with Crippen molar-refractivity contribution in [2.24, 2.45) is 5.92 Å². The molecule has 1 heterocycles. The quantitative estimate of drug-likeness (QED) is 0.669. The topological polar surface area (TPSA) is 83.1 Å². The van der Waals surface area contributed by atoms with Gasteiger partial charge in [0.2, 0.25) is 5.91 Å². The first-order valence-electron chi connectivity index (χ1n) is 7.82. The van der Waals surface area contributed by atoms with Gasteiger partial charge in [0.05, 0.1) is 0 Å². The lowest BCUT2D eigenvalue weighted by Gasteiger charge is -2.12. The van der Waals surface area contributed by atoms with E-state index in [0.29, 0.717) is 24.3 Å². The predicted octanol–water partition coefficient (Wildman–Crippen LogP) is 2.65. The number of hydrogen-bond acceptors (Lipinski definition) is 4. The van der Waals surface area contributed by atoms with Gasteiger partial charge in [-0.3, -0.25) is 14.6 Å². The largest absolute Gasteiger partial charge is 0.352 e. The molecule has 0 aliphatic rings. The number of pyridine rings is 1. The van der Waals surface area contributed by atoms with E-state index in [0.717, 1.165) is 5.56 Å². The first kappa shape index (κ1) is 23.9. The van der Waals surface area contributed by atoms with Gasteiger partial charge in [0.1, 0.15) is 0 Å². The number of benzene rings is 1. The second-order valence-corrected chi connectivity index (χ2v) is 5.57. The van der Waals surface area contributed by atoms with Gasteiger partial charge in [-0.05, 0) is 36.9 Å². The first-order chi connectivity index (χ1) is 11.6. The molecule has 2 amide bonds. The van der Waals surface area contributed by atoms with Gasteiger partial charge < -0.3 is 16.0 Å². The van der Waals surface area contributed by atoms with Crippen molar-refractivity contribution in [1.82, 2.24) is 15.6 Å². The lowest BCUT2D eigenvalue weighted by atomic mass is 10.1. The Kier molecular flexibility index (Phi) is 11.2. The molecule has 2 aromatic rings. The minimum Gasteiger partial charge on any atom is -0.352 e. The molecule has 0 aliphatic heterocycles. The molecule has 1 unspecified atom stereocenters. The van der Waals surface area contributed by atoms with Crippen LogP contribution in [0.25, 0.3) is 0 Å². The molecule has 0 saturated heterocycles. The minimum absolute atomic E-state index is 0. The number of nitrogens with zero attached hydrogens (tertiary/aromatic N) is 1. The number of carbonyl (C=O) groups excluding carboxylic acids is 2. The van der Waals surface area contributed by atoms with Gasteiger partial charge in [-0.2, -0.15) is 0 Å². The second kappa shape index (κ2) is 12.2. The number of carbonyl (C=O) groups is 2. The van der Waals surface area contributed by atoms with E-state index in [1.54, 1.807) is 24.5 Å². The molecule has 0 fully saturated rings. The van der Waals surface area contributed by atoms with Crippen molar-refractivity contribution in [3.05, 3.63) is 59.9 Å². The van der Waals surface area contributed by atoms with Crippen molar-refractivity contribution in [1.29, 1.82) is 0 Å². The molecule has 1 aromatic heterocycles. The van der Waals surface area contributed by atoms with Crippen LogP contribution >= 0.6 is 24.8 Å². The zero-order valence-electron chi connectivity index (χ0n) is 14.7. The van der Waals surface area contributed by atoms with E-state index in [2.05, 4.69) is 20.9 Å². The Labute approximate surface area is 166 Å². The van der Waals surface area contributed by atoms with Crippen molar-refractivity contribution in [2.45, 2.75) is 13.5 Å². The monoisotopic (exact) mass is 398 g/mol. The van der Waals surface area contributed by atoms with E-state index < -0.39 is 0 Å². The van der Waals surface area contributed by atoms with Crippen molar-refractivity contribution >= 4 is 42.3 Å². The van der Waals surface area contributed by atoms with Gasteiger partial charge in [-0.25, -0.2) is 0 Å². The van der Waals surface area contributed by atoms with Crippen LogP contribution in [-0.2, 0) is 11.3 Å². The smallest absolute Gasteiger partial charge is 0.255 e. The van der Waals surface area contributed by atoms with Crippen LogP contribution in [0.15, 0.2) is 48.8 Å². The Balaban J connectivity index is 0.00000312. The summed E-state index contributed by atoms with van der Waals surface area (Å²) >= 11 is 0. The Morgan fingerprint density at radius 2 is 1.81 bits per heavy atom. The summed E-state index contributed by atoms with van der Waals surface area (Å²) < 4.78 is 0. The van der Waals surface area contributed by atoms with Gasteiger partial charge in [0, 0.05) is 42.7 Å². The van der Waals surface area contributed by atoms with Crippen LogP contribution in [0.2, 0.25) is 0 Å². The van der Waals surface area contributed by atoms with Gasteiger partial charge >= 0.3 is 0 Å². The van der Waals surface area contributed by atoms with Crippen LogP contribution in [0.1, 0.15) is 22.8 Å². The fourth-order valence-electron chi connectivity index (χ4n) is 2.23. The van der Waals surface area contributed by atoms with E-state index >= 15 is 0 Å². The molecule has 8 heteroatoms. The molecule has 0 spiro atoms.